The first-order valence-corrected chi connectivity index (χ1v) is 5.93. The second-order valence-corrected chi connectivity index (χ2v) is 4.46. The molecule has 1 aromatic carbocycles. The Morgan fingerprint density at radius 3 is 2.70 bits per heavy atom. The smallest absolute Gasteiger partial charge is 0.326 e. The van der Waals surface area contributed by atoms with Gasteiger partial charge in [-0.2, -0.15) is 0 Å². The number of benzene rings is 1. The number of nitro benzene ring substituents is 1. The van der Waals surface area contributed by atoms with E-state index in [0.717, 1.165) is 12.1 Å². The predicted molar refractivity (Wildman–Crippen MR) is 66.5 cm³/mol. The molecule has 8 heteroatoms. The van der Waals surface area contributed by atoms with Crippen molar-refractivity contribution in [3.63, 3.8) is 0 Å². The lowest BCUT2D eigenvalue weighted by atomic mass is 10.1. The van der Waals surface area contributed by atoms with Crippen LogP contribution in [-0.2, 0) is 4.79 Å². The van der Waals surface area contributed by atoms with Gasteiger partial charge in [-0.1, -0.05) is 0 Å². The third kappa shape index (κ3) is 2.40. The summed E-state index contributed by atoms with van der Waals surface area (Å²) in [5.74, 6) is -2.22. The Balaban J connectivity index is 2.32. The summed E-state index contributed by atoms with van der Waals surface area (Å²) in [6.07, 6.45) is 0.935. The van der Waals surface area contributed by atoms with Crippen molar-refractivity contribution in [1.29, 1.82) is 0 Å². The van der Waals surface area contributed by atoms with E-state index in [1.165, 1.54) is 11.0 Å². The van der Waals surface area contributed by atoms with Gasteiger partial charge < -0.3 is 15.1 Å². The molecule has 1 heterocycles. The van der Waals surface area contributed by atoms with Crippen molar-refractivity contribution in [3.8, 4) is 5.75 Å². The van der Waals surface area contributed by atoms with E-state index in [9.17, 15) is 24.8 Å². The van der Waals surface area contributed by atoms with Crippen molar-refractivity contribution in [3.05, 3.63) is 33.9 Å². The topological polar surface area (TPSA) is 121 Å². The van der Waals surface area contributed by atoms with Gasteiger partial charge in [-0.3, -0.25) is 14.9 Å². The molecule has 8 nitrogen and oxygen atoms in total. The number of aliphatic carboxylic acids is 1. The summed E-state index contributed by atoms with van der Waals surface area (Å²) >= 11 is 0. The third-order valence-corrected chi connectivity index (χ3v) is 3.22. The van der Waals surface area contributed by atoms with Crippen LogP contribution in [-0.4, -0.2) is 44.5 Å². The molecule has 0 unspecified atom stereocenters. The zero-order valence-electron chi connectivity index (χ0n) is 10.4. The average Bonchev–Trinajstić information content (AvgIpc) is 2.87. The fourth-order valence-electron chi connectivity index (χ4n) is 2.24. The number of carboxylic acid groups (broad SMARTS) is 1. The van der Waals surface area contributed by atoms with Crippen molar-refractivity contribution in [1.82, 2.24) is 4.90 Å². The highest BCUT2D eigenvalue weighted by Crippen LogP contribution is 2.28. The Kier molecular flexibility index (Phi) is 3.55. The van der Waals surface area contributed by atoms with Gasteiger partial charge in [0.15, 0.2) is 5.75 Å². The van der Waals surface area contributed by atoms with E-state index in [2.05, 4.69) is 0 Å². The number of amides is 1. The molecule has 1 aromatic rings. The minimum absolute atomic E-state index is 0.0114. The van der Waals surface area contributed by atoms with Crippen LogP contribution in [0.25, 0.3) is 0 Å². The fourth-order valence-corrected chi connectivity index (χ4v) is 2.24. The Morgan fingerprint density at radius 2 is 2.10 bits per heavy atom. The molecule has 1 fully saturated rings. The quantitative estimate of drug-likeness (QED) is 0.629. The van der Waals surface area contributed by atoms with Gasteiger partial charge in [0.1, 0.15) is 6.04 Å². The summed E-state index contributed by atoms with van der Waals surface area (Å²) in [7, 11) is 0. The minimum Gasteiger partial charge on any atom is -0.502 e. The van der Waals surface area contributed by atoms with Crippen molar-refractivity contribution in [2.75, 3.05) is 6.54 Å². The second-order valence-electron chi connectivity index (χ2n) is 4.46. The van der Waals surface area contributed by atoms with E-state index in [0.29, 0.717) is 19.4 Å². The molecule has 0 spiro atoms. The Morgan fingerprint density at radius 1 is 1.40 bits per heavy atom. The number of rotatable bonds is 3. The van der Waals surface area contributed by atoms with Crippen molar-refractivity contribution < 1.29 is 24.7 Å². The van der Waals surface area contributed by atoms with Crippen LogP contribution in [0.4, 0.5) is 5.69 Å². The number of nitro groups is 1. The van der Waals surface area contributed by atoms with Crippen molar-refractivity contribution >= 4 is 17.6 Å². The van der Waals surface area contributed by atoms with E-state index in [4.69, 9.17) is 5.11 Å². The van der Waals surface area contributed by atoms with Gasteiger partial charge in [0.2, 0.25) is 0 Å². The SMILES string of the molecule is O=C(O)[C@@H]1CCCN1C(=O)c1ccc(O)c([N+](=O)[O-])c1. The second kappa shape index (κ2) is 5.16. The number of carbonyl (C=O) groups excluding carboxylic acids is 1. The van der Waals surface area contributed by atoms with Gasteiger partial charge in [0, 0.05) is 18.2 Å². The molecule has 0 saturated carbocycles. The van der Waals surface area contributed by atoms with Crippen LogP contribution in [0.2, 0.25) is 0 Å². The summed E-state index contributed by atoms with van der Waals surface area (Å²) in [5.41, 5.74) is -0.593. The Bertz CT molecular complexity index is 585. The van der Waals surface area contributed by atoms with Gasteiger partial charge in [-0.25, -0.2) is 4.79 Å². The molecule has 0 bridgehead atoms. The molecule has 1 amide bonds. The highest BCUT2D eigenvalue weighted by atomic mass is 16.6. The summed E-state index contributed by atoms with van der Waals surface area (Å²) < 4.78 is 0. The highest BCUT2D eigenvalue weighted by Gasteiger charge is 2.35. The normalized spacial score (nSPS) is 18.0. The first-order valence-electron chi connectivity index (χ1n) is 5.93. The van der Waals surface area contributed by atoms with Crippen LogP contribution >= 0.6 is 0 Å². The largest absolute Gasteiger partial charge is 0.502 e. The minimum atomic E-state index is -1.09. The molecular formula is C12H12N2O6. The molecule has 2 rings (SSSR count). The molecule has 0 aliphatic carbocycles. The van der Waals surface area contributed by atoms with E-state index in [-0.39, 0.29) is 5.56 Å². The van der Waals surface area contributed by atoms with Crippen LogP contribution in [0.3, 0.4) is 0 Å². The molecule has 1 atom stereocenters. The summed E-state index contributed by atoms with van der Waals surface area (Å²) in [6.45, 7) is 0.296. The molecule has 106 valence electrons. The maximum absolute atomic E-state index is 12.2. The molecule has 1 saturated heterocycles. The molecule has 20 heavy (non-hydrogen) atoms. The lowest BCUT2D eigenvalue weighted by Gasteiger charge is -2.21. The lowest BCUT2D eigenvalue weighted by Crippen LogP contribution is -2.40. The van der Waals surface area contributed by atoms with Crippen LogP contribution < -0.4 is 0 Å². The zero-order chi connectivity index (χ0) is 14.9. The van der Waals surface area contributed by atoms with Crippen molar-refractivity contribution in [2.24, 2.45) is 0 Å². The first kappa shape index (κ1) is 13.8. The zero-order valence-corrected chi connectivity index (χ0v) is 10.4. The number of hydrogen-bond donors (Lipinski definition) is 2. The number of aromatic hydroxyl groups is 1. The third-order valence-electron chi connectivity index (χ3n) is 3.22. The molecular weight excluding hydrogens is 268 g/mol. The maximum Gasteiger partial charge on any atom is 0.326 e. The van der Waals surface area contributed by atoms with Gasteiger partial charge in [0.05, 0.1) is 4.92 Å². The van der Waals surface area contributed by atoms with Crippen LogP contribution in [0.15, 0.2) is 18.2 Å². The first-order chi connectivity index (χ1) is 9.41. The number of phenols is 1. The molecule has 0 aromatic heterocycles. The van der Waals surface area contributed by atoms with Gasteiger partial charge in [-0.15, -0.1) is 0 Å². The molecule has 2 N–H and O–H groups in total. The lowest BCUT2D eigenvalue weighted by molar-refractivity contribution is -0.385. The van der Waals surface area contributed by atoms with Crippen LogP contribution in [0, 0.1) is 10.1 Å². The number of phenolic OH excluding ortho intramolecular Hbond substituents is 1. The van der Waals surface area contributed by atoms with Crippen LogP contribution in [0.1, 0.15) is 23.2 Å². The van der Waals surface area contributed by atoms with Crippen molar-refractivity contribution in [2.45, 2.75) is 18.9 Å². The number of nitrogens with zero attached hydrogens (tertiary/aromatic N) is 2. The summed E-state index contributed by atoms with van der Waals surface area (Å²) in [6, 6.07) is 2.34. The maximum atomic E-state index is 12.2. The van der Waals surface area contributed by atoms with E-state index < -0.39 is 34.3 Å². The number of carboxylic acids is 1. The standard InChI is InChI=1S/C12H12N2O6/c15-10-4-3-7(6-9(10)14(19)20)11(16)13-5-1-2-8(13)12(17)18/h3-4,6,8,15H,1-2,5H2,(H,17,18)/t8-/m0/s1. The molecule has 0 radical (unpaired) electrons. The van der Waals surface area contributed by atoms with E-state index in [1.54, 1.807) is 0 Å². The van der Waals surface area contributed by atoms with Gasteiger partial charge in [-0.05, 0) is 25.0 Å². The van der Waals surface area contributed by atoms with E-state index >= 15 is 0 Å². The number of hydrogen-bond acceptors (Lipinski definition) is 5. The average molecular weight is 280 g/mol. The summed E-state index contributed by atoms with van der Waals surface area (Å²) in [4.78, 5) is 34.3. The number of carbonyl (C=O) groups is 2. The highest BCUT2D eigenvalue weighted by molar-refractivity contribution is 5.97. The van der Waals surface area contributed by atoms with Gasteiger partial charge >= 0.3 is 11.7 Å². The van der Waals surface area contributed by atoms with Gasteiger partial charge in [0.25, 0.3) is 5.91 Å². The number of likely N-dealkylation sites (tertiary alicyclic amines) is 1. The molecule has 1 aliphatic heterocycles. The molecule has 1 aliphatic rings. The summed E-state index contributed by atoms with van der Waals surface area (Å²) in [5, 5.41) is 29.1. The van der Waals surface area contributed by atoms with Crippen LogP contribution in [0.5, 0.6) is 5.75 Å². The monoisotopic (exact) mass is 280 g/mol. The Labute approximate surface area is 113 Å². The fraction of sp³-hybridized carbons (Fsp3) is 0.333. The van der Waals surface area contributed by atoms with E-state index in [1.807, 2.05) is 0 Å². The predicted octanol–water partition coefficient (Wildman–Crippen LogP) is 0.990. The Hall–Kier alpha value is -2.64.